The fourth-order valence-electron chi connectivity index (χ4n) is 4.91. The van der Waals surface area contributed by atoms with Crippen molar-refractivity contribution in [2.45, 2.75) is 58.1 Å². The number of morpholine rings is 1. The molecule has 190 valence electrons. The molecule has 1 atom stereocenters. The van der Waals surface area contributed by atoms with Crippen LogP contribution in [-0.4, -0.2) is 76.4 Å². The molecule has 2 aromatic rings. The molecule has 3 heterocycles. The van der Waals surface area contributed by atoms with Crippen LogP contribution in [0.5, 0.6) is 5.75 Å². The third kappa shape index (κ3) is 5.64. The van der Waals surface area contributed by atoms with Crippen LogP contribution in [0.4, 0.5) is 0 Å². The number of carbonyl (C=O) groups excluding carboxylic acids is 2. The van der Waals surface area contributed by atoms with Crippen LogP contribution in [0, 0.1) is 0 Å². The Morgan fingerprint density at radius 3 is 2.80 bits per heavy atom. The summed E-state index contributed by atoms with van der Waals surface area (Å²) in [6.45, 7) is 6.96. The fraction of sp³-hybridized carbons (Fsp3) is 0.577. The van der Waals surface area contributed by atoms with Gasteiger partial charge < -0.3 is 19.3 Å². The number of para-hydroxylation sites is 1. The van der Waals surface area contributed by atoms with Crippen molar-refractivity contribution in [3.05, 3.63) is 46.7 Å². The molecule has 0 aliphatic carbocycles. The van der Waals surface area contributed by atoms with E-state index in [-0.39, 0.29) is 24.1 Å². The number of amides is 2. The van der Waals surface area contributed by atoms with Crippen molar-refractivity contribution in [2.24, 2.45) is 0 Å². The molecule has 2 aliphatic rings. The Labute approximate surface area is 212 Å². The molecule has 1 spiro atoms. The predicted molar refractivity (Wildman–Crippen MR) is 134 cm³/mol. The second-order valence-electron chi connectivity index (χ2n) is 9.21. The Balaban J connectivity index is 1.56. The van der Waals surface area contributed by atoms with Gasteiger partial charge in [0.25, 0.3) is 11.8 Å². The highest BCUT2D eigenvalue weighted by Crippen LogP contribution is 2.30. The molecular weight excluding hydrogens is 468 g/mol. The highest BCUT2D eigenvalue weighted by molar-refractivity contribution is 6.33. The smallest absolute Gasteiger partial charge is 0.276 e. The zero-order valence-corrected chi connectivity index (χ0v) is 21.4. The minimum absolute atomic E-state index is 0.0856. The van der Waals surface area contributed by atoms with Crippen molar-refractivity contribution in [1.29, 1.82) is 0 Å². The summed E-state index contributed by atoms with van der Waals surface area (Å²) in [5, 5.41) is 4.74. The Bertz CT molecular complexity index is 1040. The highest BCUT2D eigenvalue weighted by Gasteiger charge is 2.47. The number of aryl methyl sites for hydroxylation is 2. The predicted octanol–water partition coefficient (Wildman–Crippen LogP) is 3.81. The number of hydrogen-bond acceptors (Lipinski definition) is 5. The molecule has 0 N–H and O–H groups in total. The maximum Gasteiger partial charge on any atom is 0.276 e. The summed E-state index contributed by atoms with van der Waals surface area (Å²) in [7, 11) is 0. The monoisotopic (exact) mass is 502 g/mol. The van der Waals surface area contributed by atoms with Gasteiger partial charge in [0.1, 0.15) is 12.4 Å². The van der Waals surface area contributed by atoms with Gasteiger partial charge in [0.05, 0.1) is 24.7 Å². The number of ether oxygens (including phenoxy) is 2. The Hall–Kier alpha value is -2.58. The molecule has 2 aliphatic heterocycles. The van der Waals surface area contributed by atoms with E-state index in [0.717, 1.165) is 31.4 Å². The van der Waals surface area contributed by atoms with Gasteiger partial charge in [-0.25, -0.2) is 0 Å². The second-order valence-corrected chi connectivity index (χ2v) is 9.61. The third-order valence-corrected chi connectivity index (χ3v) is 7.05. The van der Waals surface area contributed by atoms with Gasteiger partial charge in [0, 0.05) is 25.8 Å². The SMILES string of the molecule is CCCn1cc(Cl)c(C(=O)N2CCOC3(CCCCc4ccccc4OCCN(CC)C3=O)C2)n1. The lowest BCUT2D eigenvalue weighted by Gasteiger charge is -2.44. The molecule has 8 nitrogen and oxygen atoms in total. The lowest BCUT2D eigenvalue weighted by Crippen LogP contribution is -2.62. The topological polar surface area (TPSA) is 76.9 Å². The van der Waals surface area contributed by atoms with Gasteiger partial charge in [-0.05, 0) is 50.7 Å². The fourth-order valence-corrected chi connectivity index (χ4v) is 5.15. The van der Waals surface area contributed by atoms with E-state index in [1.807, 2.05) is 32.0 Å². The number of likely N-dealkylation sites (N-methyl/N-ethyl adjacent to an activating group) is 1. The first-order valence-electron chi connectivity index (χ1n) is 12.6. The number of hydrogen-bond donors (Lipinski definition) is 0. The third-order valence-electron chi connectivity index (χ3n) is 6.77. The molecule has 1 saturated heterocycles. The molecule has 4 rings (SSSR count). The molecule has 1 aromatic heterocycles. The van der Waals surface area contributed by atoms with E-state index < -0.39 is 5.60 Å². The van der Waals surface area contributed by atoms with Gasteiger partial charge in [-0.2, -0.15) is 5.10 Å². The molecule has 0 radical (unpaired) electrons. The molecule has 9 heteroatoms. The molecule has 1 unspecified atom stereocenters. The average Bonchev–Trinajstić information content (AvgIpc) is 3.24. The molecule has 2 amide bonds. The van der Waals surface area contributed by atoms with Gasteiger partial charge in [-0.1, -0.05) is 36.7 Å². The van der Waals surface area contributed by atoms with Gasteiger partial charge in [0.2, 0.25) is 0 Å². The standard InChI is InChI=1S/C26H35ClN4O4/c1-3-13-31-18-21(27)23(28-31)24(32)30-15-17-35-26(19-30)12-8-7-10-20-9-5-6-11-22(20)34-16-14-29(4-2)25(26)33/h5-6,9,11,18H,3-4,7-8,10,12-17,19H2,1-2H3. The molecule has 1 fully saturated rings. The van der Waals surface area contributed by atoms with E-state index in [4.69, 9.17) is 21.1 Å². The van der Waals surface area contributed by atoms with Crippen molar-refractivity contribution in [3.63, 3.8) is 0 Å². The van der Waals surface area contributed by atoms with E-state index in [0.29, 0.717) is 50.8 Å². The number of halogens is 1. The molecule has 1 aromatic carbocycles. The normalized spacial score (nSPS) is 21.7. The van der Waals surface area contributed by atoms with Crippen LogP contribution < -0.4 is 4.74 Å². The Morgan fingerprint density at radius 1 is 1.17 bits per heavy atom. The van der Waals surface area contributed by atoms with Crippen LogP contribution in [0.25, 0.3) is 0 Å². The number of benzene rings is 1. The van der Waals surface area contributed by atoms with Gasteiger partial charge in [-0.15, -0.1) is 0 Å². The summed E-state index contributed by atoms with van der Waals surface area (Å²) in [4.78, 5) is 30.7. The largest absolute Gasteiger partial charge is 0.491 e. The van der Waals surface area contributed by atoms with Crippen LogP contribution >= 0.6 is 11.6 Å². The summed E-state index contributed by atoms with van der Waals surface area (Å²) in [6.07, 6.45) is 5.68. The number of carbonyl (C=O) groups is 2. The lowest BCUT2D eigenvalue weighted by atomic mass is 9.91. The summed E-state index contributed by atoms with van der Waals surface area (Å²) in [5.74, 6) is 0.542. The highest BCUT2D eigenvalue weighted by atomic mass is 35.5. The number of nitrogens with zero attached hydrogens (tertiary/aromatic N) is 4. The van der Waals surface area contributed by atoms with Crippen molar-refractivity contribution < 1.29 is 19.1 Å². The molecular formula is C26H35ClN4O4. The van der Waals surface area contributed by atoms with Crippen LogP contribution in [-0.2, 0) is 22.5 Å². The molecule has 35 heavy (non-hydrogen) atoms. The summed E-state index contributed by atoms with van der Waals surface area (Å²) in [5.41, 5.74) is 0.325. The second kappa shape index (κ2) is 11.4. The Kier molecular flexibility index (Phi) is 8.34. The zero-order chi connectivity index (χ0) is 24.8. The molecule has 0 bridgehead atoms. The molecule has 0 saturated carbocycles. The van der Waals surface area contributed by atoms with Gasteiger partial charge in [0.15, 0.2) is 11.3 Å². The summed E-state index contributed by atoms with van der Waals surface area (Å²) >= 11 is 6.36. The van der Waals surface area contributed by atoms with E-state index in [9.17, 15) is 9.59 Å². The van der Waals surface area contributed by atoms with Crippen molar-refractivity contribution in [2.75, 3.05) is 39.4 Å². The first kappa shape index (κ1) is 25.5. The van der Waals surface area contributed by atoms with Gasteiger partial charge in [-0.3, -0.25) is 14.3 Å². The van der Waals surface area contributed by atoms with E-state index in [1.54, 1.807) is 20.7 Å². The minimum Gasteiger partial charge on any atom is -0.491 e. The van der Waals surface area contributed by atoms with Crippen molar-refractivity contribution in [3.8, 4) is 5.75 Å². The zero-order valence-electron chi connectivity index (χ0n) is 20.7. The quantitative estimate of drug-likeness (QED) is 0.635. The summed E-state index contributed by atoms with van der Waals surface area (Å²) in [6, 6.07) is 8.08. The number of aromatic nitrogens is 2. The van der Waals surface area contributed by atoms with E-state index >= 15 is 0 Å². The maximum absolute atomic E-state index is 13.8. The summed E-state index contributed by atoms with van der Waals surface area (Å²) < 4.78 is 14.0. The average molecular weight is 503 g/mol. The van der Waals surface area contributed by atoms with Crippen LogP contribution in [0.2, 0.25) is 5.02 Å². The van der Waals surface area contributed by atoms with Crippen LogP contribution in [0.15, 0.2) is 30.5 Å². The van der Waals surface area contributed by atoms with E-state index in [1.165, 1.54) is 5.56 Å². The first-order valence-corrected chi connectivity index (χ1v) is 13.0. The maximum atomic E-state index is 13.8. The number of rotatable bonds is 4. The van der Waals surface area contributed by atoms with Crippen LogP contribution in [0.1, 0.15) is 55.6 Å². The van der Waals surface area contributed by atoms with Crippen molar-refractivity contribution >= 4 is 23.4 Å². The lowest BCUT2D eigenvalue weighted by molar-refractivity contribution is -0.170. The minimum atomic E-state index is -1.08. The van der Waals surface area contributed by atoms with E-state index in [2.05, 4.69) is 11.2 Å². The van der Waals surface area contributed by atoms with Crippen LogP contribution in [0.3, 0.4) is 0 Å². The first-order chi connectivity index (χ1) is 17.0. The van der Waals surface area contributed by atoms with Crippen molar-refractivity contribution in [1.82, 2.24) is 19.6 Å². The van der Waals surface area contributed by atoms with Gasteiger partial charge >= 0.3 is 0 Å². The Morgan fingerprint density at radius 2 is 2.00 bits per heavy atom. The number of fused-ring (bicyclic) bond motifs is 1.